The van der Waals surface area contributed by atoms with Crippen molar-refractivity contribution in [2.75, 3.05) is 0 Å². The zero-order chi connectivity index (χ0) is 20.5. The number of nitrogens with zero attached hydrogens (tertiary/aromatic N) is 4. The second-order valence-electron chi connectivity index (χ2n) is 5.94. The van der Waals surface area contributed by atoms with Crippen LogP contribution in [0.25, 0.3) is 11.4 Å². The summed E-state index contributed by atoms with van der Waals surface area (Å²) in [4.78, 5) is 16.5. The molecule has 0 radical (unpaired) electrons. The van der Waals surface area contributed by atoms with Crippen molar-refractivity contribution in [1.82, 2.24) is 25.2 Å². The van der Waals surface area contributed by atoms with Gasteiger partial charge in [0.25, 0.3) is 5.91 Å². The molecule has 1 atom stereocenters. The number of carbonyl (C=O) groups is 1. The molecular weight excluding hydrogens is 382 g/mol. The van der Waals surface area contributed by atoms with E-state index in [4.69, 9.17) is 4.52 Å². The number of carbonyl (C=O) groups excluding carboxylic acids is 1. The summed E-state index contributed by atoms with van der Waals surface area (Å²) in [6, 6.07) is 5.48. The third-order valence-electron chi connectivity index (χ3n) is 3.94. The molecule has 7 nitrogen and oxygen atoms in total. The Morgan fingerprint density at radius 2 is 2.07 bits per heavy atom. The maximum Gasteiger partial charge on any atom is 0.435 e. The molecule has 0 bridgehead atoms. The van der Waals surface area contributed by atoms with Crippen molar-refractivity contribution >= 4 is 5.91 Å². The maximum absolute atomic E-state index is 13.3. The first-order chi connectivity index (χ1) is 13.2. The predicted octanol–water partition coefficient (Wildman–Crippen LogP) is 3.51. The van der Waals surface area contributed by atoms with Crippen LogP contribution >= 0.6 is 0 Å². The number of hydrogen-bond acceptors (Lipinski definition) is 5. The van der Waals surface area contributed by atoms with Crippen LogP contribution in [0.4, 0.5) is 17.6 Å². The summed E-state index contributed by atoms with van der Waals surface area (Å²) < 4.78 is 57.6. The van der Waals surface area contributed by atoms with Gasteiger partial charge in [0.1, 0.15) is 17.6 Å². The van der Waals surface area contributed by atoms with Crippen LogP contribution in [0.1, 0.15) is 41.5 Å². The quantitative estimate of drug-likeness (QED) is 0.666. The minimum absolute atomic E-state index is 0.0494. The molecule has 0 aliphatic heterocycles. The lowest BCUT2D eigenvalue weighted by Gasteiger charge is -2.12. The van der Waals surface area contributed by atoms with Gasteiger partial charge in [0.05, 0.1) is 0 Å². The molecule has 3 rings (SSSR count). The lowest BCUT2D eigenvalue weighted by molar-refractivity contribution is -0.141. The number of aromatic nitrogens is 4. The number of alkyl halides is 3. The molecule has 1 N–H and O–H groups in total. The Morgan fingerprint density at radius 3 is 2.68 bits per heavy atom. The second kappa shape index (κ2) is 7.41. The average Bonchev–Trinajstić information content (AvgIpc) is 3.26. The highest BCUT2D eigenvalue weighted by atomic mass is 19.4. The molecule has 1 amide bonds. The molecule has 148 valence electrons. The Hall–Kier alpha value is -3.24. The second-order valence-corrected chi connectivity index (χ2v) is 5.94. The van der Waals surface area contributed by atoms with Gasteiger partial charge in [0.2, 0.25) is 11.7 Å². The van der Waals surface area contributed by atoms with Gasteiger partial charge in [-0.05, 0) is 18.6 Å². The van der Waals surface area contributed by atoms with Crippen LogP contribution in [0.2, 0.25) is 0 Å². The fourth-order valence-corrected chi connectivity index (χ4v) is 2.51. The molecule has 0 saturated heterocycles. The molecule has 0 saturated carbocycles. The number of halogens is 4. The van der Waals surface area contributed by atoms with Gasteiger partial charge in [-0.25, -0.2) is 4.39 Å². The smallest absolute Gasteiger partial charge is 0.339 e. The van der Waals surface area contributed by atoms with E-state index >= 15 is 0 Å². The minimum atomic E-state index is -4.66. The van der Waals surface area contributed by atoms with Crippen LogP contribution in [-0.2, 0) is 13.2 Å². The molecule has 2 heterocycles. The van der Waals surface area contributed by atoms with Gasteiger partial charge in [0, 0.05) is 18.7 Å². The summed E-state index contributed by atoms with van der Waals surface area (Å²) in [6.07, 6.45) is -4.33. The van der Waals surface area contributed by atoms with Crippen molar-refractivity contribution in [2.24, 2.45) is 7.05 Å². The van der Waals surface area contributed by atoms with E-state index in [0.717, 1.165) is 4.68 Å². The average molecular weight is 397 g/mol. The summed E-state index contributed by atoms with van der Waals surface area (Å²) >= 11 is 0. The van der Waals surface area contributed by atoms with Crippen molar-refractivity contribution in [3.63, 3.8) is 0 Å². The van der Waals surface area contributed by atoms with Crippen LogP contribution in [0, 0.1) is 5.82 Å². The standard InChI is InChI=1S/C17H15F4N5O2/c1-3-11(16-23-14(25-28-16)9-5-4-6-10(18)7-9)22-15(27)12-8-13(17(19,20)21)24-26(12)2/h4-8,11H,3H2,1-2H3,(H,22,27)/t11-/m0/s1. The number of amides is 1. The van der Waals surface area contributed by atoms with Gasteiger partial charge >= 0.3 is 6.18 Å². The third kappa shape index (κ3) is 4.02. The van der Waals surface area contributed by atoms with E-state index in [1.54, 1.807) is 13.0 Å². The van der Waals surface area contributed by atoms with Gasteiger partial charge in [-0.1, -0.05) is 24.2 Å². The molecule has 11 heteroatoms. The first-order valence-corrected chi connectivity index (χ1v) is 8.20. The molecular formula is C17H15F4N5O2. The van der Waals surface area contributed by atoms with Crippen molar-refractivity contribution < 1.29 is 26.9 Å². The van der Waals surface area contributed by atoms with Crippen LogP contribution in [0.5, 0.6) is 0 Å². The van der Waals surface area contributed by atoms with Gasteiger partial charge < -0.3 is 9.84 Å². The molecule has 0 fully saturated rings. The van der Waals surface area contributed by atoms with Crippen molar-refractivity contribution in [3.8, 4) is 11.4 Å². The number of benzene rings is 1. The van der Waals surface area contributed by atoms with Crippen LogP contribution in [0.15, 0.2) is 34.9 Å². The van der Waals surface area contributed by atoms with Crippen LogP contribution in [-0.4, -0.2) is 25.8 Å². The summed E-state index contributed by atoms with van der Waals surface area (Å²) in [5, 5.41) is 9.61. The highest BCUT2D eigenvalue weighted by Crippen LogP contribution is 2.28. The molecule has 0 aliphatic carbocycles. The highest BCUT2D eigenvalue weighted by molar-refractivity contribution is 5.92. The minimum Gasteiger partial charge on any atom is -0.339 e. The van der Waals surface area contributed by atoms with E-state index in [-0.39, 0.29) is 17.4 Å². The van der Waals surface area contributed by atoms with E-state index in [2.05, 4.69) is 20.6 Å². The van der Waals surface area contributed by atoms with Gasteiger partial charge in [-0.3, -0.25) is 9.48 Å². The van der Waals surface area contributed by atoms with E-state index in [1.165, 1.54) is 25.2 Å². The lowest BCUT2D eigenvalue weighted by atomic mass is 10.2. The predicted molar refractivity (Wildman–Crippen MR) is 88.4 cm³/mol. The lowest BCUT2D eigenvalue weighted by Crippen LogP contribution is -2.30. The Morgan fingerprint density at radius 1 is 1.32 bits per heavy atom. The number of nitrogens with one attached hydrogen (secondary N) is 1. The Labute approximate surface area is 156 Å². The fraction of sp³-hybridized carbons (Fsp3) is 0.294. The molecule has 1 aromatic carbocycles. The summed E-state index contributed by atoms with van der Waals surface area (Å²) in [5.74, 6) is -1.07. The van der Waals surface area contributed by atoms with E-state index in [0.29, 0.717) is 18.1 Å². The number of hydrogen-bond donors (Lipinski definition) is 1. The molecule has 2 aromatic heterocycles. The largest absolute Gasteiger partial charge is 0.435 e. The first-order valence-electron chi connectivity index (χ1n) is 8.20. The summed E-state index contributed by atoms with van der Waals surface area (Å²) in [7, 11) is 1.24. The topological polar surface area (TPSA) is 85.8 Å². The maximum atomic E-state index is 13.3. The van der Waals surface area contributed by atoms with Crippen molar-refractivity contribution in [1.29, 1.82) is 0 Å². The molecule has 0 spiro atoms. The molecule has 28 heavy (non-hydrogen) atoms. The first kappa shape index (κ1) is 19.5. The van der Waals surface area contributed by atoms with Crippen LogP contribution in [0.3, 0.4) is 0 Å². The summed E-state index contributed by atoms with van der Waals surface area (Å²) in [6.45, 7) is 1.72. The van der Waals surface area contributed by atoms with E-state index < -0.39 is 29.6 Å². The third-order valence-corrected chi connectivity index (χ3v) is 3.94. The van der Waals surface area contributed by atoms with Crippen LogP contribution < -0.4 is 5.32 Å². The molecule has 3 aromatic rings. The van der Waals surface area contributed by atoms with Gasteiger partial charge in [-0.2, -0.15) is 23.3 Å². The zero-order valence-corrected chi connectivity index (χ0v) is 14.8. The Balaban J connectivity index is 1.80. The van der Waals surface area contributed by atoms with E-state index in [1.807, 2.05) is 0 Å². The fourth-order valence-electron chi connectivity index (χ4n) is 2.51. The normalized spacial score (nSPS) is 12.8. The Bertz CT molecular complexity index is 996. The Kier molecular flexibility index (Phi) is 5.16. The van der Waals surface area contributed by atoms with E-state index in [9.17, 15) is 22.4 Å². The van der Waals surface area contributed by atoms with Crippen molar-refractivity contribution in [2.45, 2.75) is 25.6 Å². The zero-order valence-electron chi connectivity index (χ0n) is 14.8. The monoisotopic (exact) mass is 397 g/mol. The number of aryl methyl sites for hydroxylation is 1. The molecule has 0 aliphatic rings. The van der Waals surface area contributed by atoms with Crippen molar-refractivity contribution in [3.05, 3.63) is 53.4 Å². The number of rotatable bonds is 5. The van der Waals surface area contributed by atoms with Gasteiger partial charge in [-0.15, -0.1) is 0 Å². The molecule has 0 unspecified atom stereocenters. The summed E-state index contributed by atoms with van der Waals surface area (Å²) in [5.41, 5.74) is -1.05. The SMILES string of the molecule is CC[C@H](NC(=O)c1cc(C(F)(F)F)nn1C)c1nc(-c2cccc(F)c2)no1. The van der Waals surface area contributed by atoms with Gasteiger partial charge in [0.15, 0.2) is 5.69 Å². The highest BCUT2D eigenvalue weighted by Gasteiger charge is 2.35.